The number of unbranched alkanes of at least 4 members (excludes halogenated alkanes) is 3. The first-order chi connectivity index (χ1) is 6.73. The first-order valence-corrected chi connectivity index (χ1v) is 6.00. The molecule has 2 atom stereocenters. The fourth-order valence-corrected chi connectivity index (χ4v) is 1.89. The van der Waals surface area contributed by atoms with Gasteiger partial charge in [-0.3, -0.25) is 0 Å². The van der Waals surface area contributed by atoms with Crippen LogP contribution in [0.2, 0.25) is 0 Å². The summed E-state index contributed by atoms with van der Waals surface area (Å²) in [5.74, 6) is 0.342. The van der Waals surface area contributed by atoms with E-state index < -0.39 is 0 Å². The summed E-state index contributed by atoms with van der Waals surface area (Å²) in [6.45, 7) is 8.23. The zero-order valence-corrected chi connectivity index (χ0v) is 9.84. The van der Waals surface area contributed by atoms with E-state index in [1.165, 1.54) is 25.7 Å². The minimum Gasteiger partial charge on any atom is -0.350 e. The normalized spacial score (nSPS) is 31.5. The maximum absolute atomic E-state index is 5.79. The Morgan fingerprint density at radius 1 is 1.29 bits per heavy atom. The van der Waals surface area contributed by atoms with E-state index in [2.05, 4.69) is 20.8 Å². The van der Waals surface area contributed by atoms with Crippen molar-refractivity contribution in [3.8, 4) is 0 Å². The van der Waals surface area contributed by atoms with Gasteiger partial charge in [0.2, 0.25) is 0 Å². The highest BCUT2D eigenvalue weighted by Gasteiger charge is 2.44. The summed E-state index contributed by atoms with van der Waals surface area (Å²) < 4.78 is 11.3. The quantitative estimate of drug-likeness (QED) is 0.587. The van der Waals surface area contributed by atoms with Crippen LogP contribution in [0, 0.1) is 5.92 Å². The third kappa shape index (κ3) is 2.96. The van der Waals surface area contributed by atoms with Crippen LogP contribution >= 0.6 is 0 Å². The molecule has 0 saturated carbocycles. The van der Waals surface area contributed by atoms with Crippen molar-refractivity contribution < 1.29 is 9.47 Å². The summed E-state index contributed by atoms with van der Waals surface area (Å²) in [5, 5.41) is 0. The average molecular weight is 200 g/mol. The molecule has 0 bridgehead atoms. The van der Waals surface area contributed by atoms with E-state index in [9.17, 15) is 0 Å². The van der Waals surface area contributed by atoms with Crippen molar-refractivity contribution >= 4 is 0 Å². The van der Waals surface area contributed by atoms with Crippen LogP contribution in [-0.4, -0.2) is 19.0 Å². The van der Waals surface area contributed by atoms with Crippen molar-refractivity contribution in [1.82, 2.24) is 0 Å². The van der Waals surface area contributed by atoms with Crippen LogP contribution in [-0.2, 0) is 9.47 Å². The lowest BCUT2D eigenvalue weighted by molar-refractivity contribution is -0.337. The molecule has 1 heterocycles. The van der Waals surface area contributed by atoms with Gasteiger partial charge in [0.15, 0.2) is 5.79 Å². The van der Waals surface area contributed by atoms with Gasteiger partial charge in [0, 0.05) is 5.92 Å². The van der Waals surface area contributed by atoms with Crippen LogP contribution in [0.25, 0.3) is 0 Å². The minimum atomic E-state index is -0.263. The van der Waals surface area contributed by atoms with Crippen molar-refractivity contribution in [2.24, 2.45) is 5.92 Å². The molecule has 0 N–H and O–H groups in total. The Morgan fingerprint density at radius 3 is 2.57 bits per heavy atom. The standard InChI is InChI=1S/C12H24O2/c1-4-6-7-8-9-13-12(3)11(5-2)10-14-12/h11H,4-10H2,1-3H3. The molecule has 0 radical (unpaired) electrons. The maximum Gasteiger partial charge on any atom is 0.170 e. The molecular weight excluding hydrogens is 176 g/mol. The molecule has 0 aromatic heterocycles. The molecule has 84 valence electrons. The molecule has 0 aromatic carbocycles. The molecule has 1 fully saturated rings. The van der Waals surface area contributed by atoms with Gasteiger partial charge < -0.3 is 9.47 Å². The lowest BCUT2D eigenvalue weighted by atomic mass is 9.92. The Kier molecular flexibility index (Phi) is 4.90. The molecule has 2 nitrogen and oxygen atoms in total. The van der Waals surface area contributed by atoms with Crippen LogP contribution in [0.5, 0.6) is 0 Å². The van der Waals surface area contributed by atoms with Crippen LogP contribution < -0.4 is 0 Å². The van der Waals surface area contributed by atoms with Gasteiger partial charge in [0.25, 0.3) is 0 Å². The van der Waals surface area contributed by atoms with Gasteiger partial charge in [-0.25, -0.2) is 0 Å². The molecule has 14 heavy (non-hydrogen) atoms. The van der Waals surface area contributed by atoms with E-state index in [1.54, 1.807) is 0 Å². The largest absolute Gasteiger partial charge is 0.350 e. The topological polar surface area (TPSA) is 18.5 Å². The van der Waals surface area contributed by atoms with Crippen molar-refractivity contribution in [3.63, 3.8) is 0 Å². The minimum absolute atomic E-state index is 0.263. The van der Waals surface area contributed by atoms with Crippen LogP contribution in [0.15, 0.2) is 0 Å². The summed E-state index contributed by atoms with van der Waals surface area (Å²) >= 11 is 0. The van der Waals surface area contributed by atoms with Gasteiger partial charge >= 0.3 is 0 Å². The molecule has 0 spiro atoms. The molecule has 0 aromatic rings. The number of hydrogen-bond acceptors (Lipinski definition) is 2. The van der Waals surface area contributed by atoms with Gasteiger partial charge in [-0.2, -0.15) is 0 Å². The molecule has 1 aliphatic rings. The number of ether oxygens (including phenoxy) is 2. The highest BCUT2D eigenvalue weighted by atomic mass is 16.7. The SMILES string of the molecule is CCCCCCOC1(C)OCC1CC. The predicted octanol–water partition coefficient (Wildman–Crippen LogP) is 3.36. The summed E-state index contributed by atoms with van der Waals surface area (Å²) in [6, 6.07) is 0. The zero-order valence-electron chi connectivity index (χ0n) is 9.84. The van der Waals surface area contributed by atoms with Gasteiger partial charge in [0.05, 0.1) is 13.2 Å². The van der Waals surface area contributed by atoms with Gasteiger partial charge in [-0.05, 0) is 19.8 Å². The number of hydrogen-bond donors (Lipinski definition) is 0. The summed E-state index contributed by atoms with van der Waals surface area (Å²) in [5.41, 5.74) is 0. The smallest absolute Gasteiger partial charge is 0.170 e. The lowest BCUT2D eigenvalue weighted by Gasteiger charge is -2.46. The van der Waals surface area contributed by atoms with Gasteiger partial charge in [-0.1, -0.05) is 33.1 Å². The van der Waals surface area contributed by atoms with E-state index in [-0.39, 0.29) is 5.79 Å². The molecule has 1 aliphatic heterocycles. The van der Waals surface area contributed by atoms with E-state index in [0.29, 0.717) is 5.92 Å². The number of rotatable bonds is 7. The van der Waals surface area contributed by atoms with Gasteiger partial charge in [0.1, 0.15) is 0 Å². The van der Waals surface area contributed by atoms with Crippen molar-refractivity contribution in [2.45, 2.75) is 58.7 Å². The first kappa shape index (κ1) is 12.0. The second-order valence-electron chi connectivity index (χ2n) is 4.34. The van der Waals surface area contributed by atoms with E-state index in [4.69, 9.17) is 9.47 Å². The second-order valence-corrected chi connectivity index (χ2v) is 4.34. The third-order valence-electron chi connectivity index (χ3n) is 3.19. The Labute approximate surface area is 88.0 Å². The monoisotopic (exact) mass is 200 g/mol. The molecule has 1 saturated heterocycles. The fraction of sp³-hybridized carbons (Fsp3) is 1.00. The first-order valence-electron chi connectivity index (χ1n) is 6.00. The average Bonchev–Trinajstić information content (AvgIpc) is 2.16. The Bertz CT molecular complexity index is 156. The highest BCUT2D eigenvalue weighted by Crippen LogP contribution is 2.36. The summed E-state index contributed by atoms with van der Waals surface area (Å²) in [7, 11) is 0. The molecular formula is C12H24O2. The van der Waals surface area contributed by atoms with E-state index >= 15 is 0 Å². The maximum atomic E-state index is 5.79. The Hall–Kier alpha value is -0.0800. The van der Waals surface area contributed by atoms with Crippen molar-refractivity contribution in [1.29, 1.82) is 0 Å². The lowest BCUT2D eigenvalue weighted by Crippen LogP contribution is -2.53. The molecule has 2 unspecified atom stereocenters. The Morgan fingerprint density at radius 2 is 2.07 bits per heavy atom. The second kappa shape index (κ2) is 5.72. The highest BCUT2D eigenvalue weighted by molar-refractivity contribution is 4.82. The van der Waals surface area contributed by atoms with Crippen molar-refractivity contribution in [3.05, 3.63) is 0 Å². The molecule has 0 amide bonds. The van der Waals surface area contributed by atoms with E-state index in [0.717, 1.165) is 19.6 Å². The molecule has 0 aliphatic carbocycles. The zero-order chi connectivity index (χ0) is 10.4. The third-order valence-corrected chi connectivity index (χ3v) is 3.19. The molecule has 2 heteroatoms. The van der Waals surface area contributed by atoms with Crippen LogP contribution in [0.1, 0.15) is 52.9 Å². The van der Waals surface area contributed by atoms with Crippen LogP contribution in [0.3, 0.4) is 0 Å². The summed E-state index contributed by atoms with van der Waals surface area (Å²) in [4.78, 5) is 0. The fourth-order valence-electron chi connectivity index (χ4n) is 1.89. The van der Waals surface area contributed by atoms with Crippen LogP contribution in [0.4, 0.5) is 0 Å². The van der Waals surface area contributed by atoms with E-state index in [1.807, 2.05) is 0 Å². The van der Waals surface area contributed by atoms with Crippen molar-refractivity contribution in [2.75, 3.05) is 13.2 Å². The predicted molar refractivity (Wildman–Crippen MR) is 58.2 cm³/mol. The summed E-state index contributed by atoms with van der Waals surface area (Å²) in [6.07, 6.45) is 6.21. The molecule has 1 rings (SSSR count). The Balaban J connectivity index is 2.05. The van der Waals surface area contributed by atoms with Gasteiger partial charge in [-0.15, -0.1) is 0 Å².